The molecule has 5 nitrogen and oxygen atoms in total. The van der Waals surface area contributed by atoms with Crippen LogP contribution in [-0.4, -0.2) is 22.6 Å². The molecule has 0 aliphatic rings. The van der Waals surface area contributed by atoms with E-state index in [-0.39, 0.29) is 5.56 Å². The van der Waals surface area contributed by atoms with E-state index in [0.717, 1.165) is 20.8 Å². The third-order valence-corrected chi connectivity index (χ3v) is 4.54. The first-order valence-corrected chi connectivity index (χ1v) is 7.61. The average molecular weight is 372 g/mol. The van der Waals surface area contributed by atoms with Crippen molar-refractivity contribution in [1.29, 1.82) is 0 Å². The topological polar surface area (TPSA) is 68.0 Å². The summed E-state index contributed by atoms with van der Waals surface area (Å²) in [5.74, 6) is -0.720. The van der Waals surface area contributed by atoms with Crippen LogP contribution in [0, 0.1) is 0 Å². The maximum Gasteiger partial charge on any atom is 0.341 e. The molecule has 0 atom stereocenters. The molecule has 0 fully saturated rings. The summed E-state index contributed by atoms with van der Waals surface area (Å²) in [4.78, 5) is 23.9. The lowest BCUT2D eigenvalue weighted by Crippen LogP contribution is -2.16. The number of carbonyl (C=O) groups is 1. The standard InChI is InChI=1S/C17H10BrNO4/c1-23-9-5-11-10-4-8(18)2-3-14(10)19-7-13(17(21)22)16(20)12(6-9)15(11)19/h2-7H,1H3,(H,21,22). The Morgan fingerprint density at radius 2 is 1.91 bits per heavy atom. The van der Waals surface area contributed by atoms with Crippen molar-refractivity contribution in [2.45, 2.75) is 0 Å². The van der Waals surface area contributed by atoms with Gasteiger partial charge in [-0.15, -0.1) is 0 Å². The number of methoxy groups -OCH3 is 1. The van der Waals surface area contributed by atoms with Gasteiger partial charge in [0.1, 0.15) is 11.3 Å². The van der Waals surface area contributed by atoms with Crippen LogP contribution >= 0.6 is 15.9 Å². The van der Waals surface area contributed by atoms with E-state index in [1.165, 1.54) is 13.3 Å². The Morgan fingerprint density at radius 1 is 1.17 bits per heavy atom. The number of aromatic nitrogens is 1. The molecule has 0 saturated heterocycles. The number of carboxylic acids is 1. The Bertz CT molecular complexity index is 1160. The van der Waals surface area contributed by atoms with Crippen molar-refractivity contribution in [2.75, 3.05) is 7.11 Å². The second-order valence-corrected chi connectivity index (χ2v) is 6.20. The highest BCUT2D eigenvalue weighted by molar-refractivity contribution is 9.10. The van der Waals surface area contributed by atoms with Crippen molar-refractivity contribution in [3.63, 3.8) is 0 Å². The van der Waals surface area contributed by atoms with Gasteiger partial charge in [0.15, 0.2) is 0 Å². The van der Waals surface area contributed by atoms with Crippen molar-refractivity contribution >= 4 is 49.1 Å². The van der Waals surface area contributed by atoms with Crippen LogP contribution in [0.2, 0.25) is 0 Å². The van der Waals surface area contributed by atoms with Crippen LogP contribution in [0.4, 0.5) is 0 Å². The molecule has 0 amide bonds. The van der Waals surface area contributed by atoms with E-state index < -0.39 is 11.4 Å². The van der Waals surface area contributed by atoms with Crippen molar-refractivity contribution < 1.29 is 14.6 Å². The molecule has 114 valence electrons. The van der Waals surface area contributed by atoms with Crippen molar-refractivity contribution in [3.8, 4) is 5.75 Å². The van der Waals surface area contributed by atoms with Gasteiger partial charge < -0.3 is 14.2 Å². The Hall–Kier alpha value is -2.60. The molecule has 2 heterocycles. The Morgan fingerprint density at radius 3 is 2.61 bits per heavy atom. The minimum absolute atomic E-state index is 0.257. The van der Waals surface area contributed by atoms with Crippen LogP contribution in [0.5, 0.6) is 5.75 Å². The average Bonchev–Trinajstić information content (AvgIpc) is 2.84. The summed E-state index contributed by atoms with van der Waals surface area (Å²) in [5, 5.41) is 11.4. The molecule has 0 bridgehead atoms. The lowest BCUT2D eigenvalue weighted by atomic mass is 10.1. The van der Waals surface area contributed by atoms with E-state index in [9.17, 15) is 14.7 Å². The van der Waals surface area contributed by atoms with Gasteiger partial charge >= 0.3 is 5.97 Å². The van der Waals surface area contributed by atoms with Crippen LogP contribution in [0.3, 0.4) is 0 Å². The van der Waals surface area contributed by atoms with E-state index in [4.69, 9.17) is 4.74 Å². The summed E-state index contributed by atoms with van der Waals surface area (Å²) >= 11 is 3.45. The van der Waals surface area contributed by atoms with Gasteiger partial charge in [0, 0.05) is 21.4 Å². The highest BCUT2D eigenvalue weighted by Gasteiger charge is 2.19. The minimum Gasteiger partial charge on any atom is -0.497 e. The maximum atomic E-state index is 12.5. The van der Waals surface area contributed by atoms with Gasteiger partial charge in [-0.2, -0.15) is 0 Å². The normalized spacial score (nSPS) is 11.6. The van der Waals surface area contributed by atoms with Gasteiger partial charge in [-0.1, -0.05) is 15.9 Å². The largest absolute Gasteiger partial charge is 0.497 e. The monoisotopic (exact) mass is 371 g/mol. The second-order valence-electron chi connectivity index (χ2n) is 5.28. The number of nitrogens with zero attached hydrogens (tertiary/aromatic N) is 1. The molecule has 1 N–H and O–H groups in total. The fourth-order valence-electron chi connectivity index (χ4n) is 3.04. The second kappa shape index (κ2) is 4.70. The predicted molar refractivity (Wildman–Crippen MR) is 91.1 cm³/mol. The number of fused-ring (bicyclic) bond motifs is 3. The molecule has 0 saturated carbocycles. The number of aromatic carboxylic acids is 1. The molecule has 0 aliphatic carbocycles. The van der Waals surface area contributed by atoms with Gasteiger partial charge in [0.2, 0.25) is 5.43 Å². The fraction of sp³-hybridized carbons (Fsp3) is 0.0588. The lowest BCUT2D eigenvalue weighted by Gasteiger charge is -2.05. The summed E-state index contributed by atoms with van der Waals surface area (Å²) in [7, 11) is 1.52. The zero-order chi connectivity index (χ0) is 16.3. The van der Waals surface area contributed by atoms with E-state index in [1.54, 1.807) is 10.5 Å². The number of hydrogen-bond acceptors (Lipinski definition) is 3. The Kier molecular flexibility index (Phi) is 2.86. The molecule has 0 unspecified atom stereocenters. The number of halogens is 1. The number of hydrogen-bond donors (Lipinski definition) is 1. The van der Waals surface area contributed by atoms with Crippen LogP contribution in [0.1, 0.15) is 10.4 Å². The minimum atomic E-state index is -1.24. The van der Waals surface area contributed by atoms with Crippen LogP contribution in [0.15, 0.2) is 45.8 Å². The number of benzene rings is 2. The van der Waals surface area contributed by atoms with E-state index in [2.05, 4.69) is 15.9 Å². The zero-order valence-electron chi connectivity index (χ0n) is 12.0. The first kappa shape index (κ1) is 14.0. The highest BCUT2D eigenvalue weighted by atomic mass is 79.9. The van der Waals surface area contributed by atoms with Gasteiger partial charge in [-0.25, -0.2) is 4.79 Å². The van der Waals surface area contributed by atoms with Gasteiger partial charge in [0.25, 0.3) is 0 Å². The van der Waals surface area contributed by atoms with Gasteiger partial charge in [-0.3, -0.25) is 4.79 Å². The molecule has 4 rings (SSSR count). The highest BCUT2D eigenvalue weighted by Crippen LogP contribution is 2.35. The summed E-state index contributed by atoms with van der Waals surface area (Å²) in [5.41, 5.74) is 0.779. The molecule has 4 aromatic rings. The summed E-state index contributed by atoms with van der Waals surface area (Å²) in [6, 6.07) is 9.16. The maximum absolute atomic E-state index is 12.5. The van der Waals surface area contributed by atoms with Gasteiger partial charge in [-0.05, 0) is 30.3 Å². The first-order chi connectivity index (χ1) is 11.0. The molecule has 6 heteroatoms. The fourth-order valence-corrected chi connectivity index (χ4v) is 3.40. The first-order valence-electron chi connectivity index (χ1n) is 6.82. The zero-order valence-corrected chi connectivity index (χ0v) is 13.5. The van der Waals surface area contributed by atoms with Crippen LogP contribution in [0.25, 0.3) is 27.2 Å². The molecule has 2 aromatic carbocycles. The summed E-state index contributed by atoms with van der Waals surface area (Å²) in [6.45, 7) is 0. The van der Waals surface area contributed by atoms with Crippen LogP contribution in [-0.2, 0) is 0 Å². The molecular formula is C17H10BrNO4. The van der Waals surface area contributed by atoms with E-state index in [1.807, 2.05) is 24.3 Å². The molecule has 0 spiro atoms. The SMILES string of the molecule is COc1cc2c(=O)c(C(=O)O)cn3c4ccc(Br)cc4c(c1)c23. The van der Waals surface area contributed by atoms with Crippen molar-refractivity contribution in [3.05, 3.63) is 56.8 Å². The number of pyridine rings is 1. The predicted octanol–water partition coefficient (Wildman–Crippen LogP) is 3.51. The number of carboxylic acid groups (broad SMARTS) is 1. The smallest absolute Gasteiger partial charge is 0.341 e. The molecule has 0 radical (unpaired) electrons. The van der Waals surface area contributed by atoms with Crippen molar-refractivity contribution in [2.24, 2.45) is 0 Å². The molecular weight excluding hydrogens is 362 g/mol. The number of ether oxygens (including phenoxy) is 1. The molecule has 2 aromatic heterocycles. The molecule has 0 aliphatic heterocycles. The van der Waals surface area contributed by atoms with E-state index >= 15 is 0 Å². The van der Waals surface area contributed by atoms with E-state index in [0.29, 0.717) is 16.7 Å². The summed E-state index contributed by atoms with van der Waals surface area (Å²) in [6.07, 6.45) is 1.39. The Labute approximate surface area is 138 Å². The van der Waals surface area contributed by atoms with Crippen LogP contribution < -0.4 is 10.2 Å². The summed E-state index contributed by atoms with van der Waals surface area (Å²) < 4.78 is 7.95. The lowest BCUT2D eigenvalue weighted by molar-refractivity contribution is 0.0695. The Balaban J connectivity index is 2.38. The molecule has 23 heavy (non-hydrogen) atoms. The quantitative estimate of drug-likeness (QED) is 0.585. The van der Waals surface area contributed by atoms with Gasteiger partial charge in [0.05, 0.1) is 23.5 Å². The number of rotatable bonds is 2. The third-order valence-electron chi connectivity index (χ3n) is 4.05. The van der Waals surface area contributed by atoms with Crippen molar-refractivity contribution in [1.82, 2.24) is 4.40 Å². The third kappa shape index (κ3) is 1.85.